The first-order valence-corrected chi connectivity index (χ1v) is 5.33. The van der Waals surface area contributed by atoms with Crippen LogP contribution in [0.25, 0.3) is 0 Å². The number of likely N-dealkylation sites (tertiary alicyclic amines) is 1. The number of nitrogens with zero attached hydrogens (tertiary/aromatic N) is 1. The Kier molecular flexibility index (Phi) is 2.13. The van der Waals surface area contributed by atoms with Crippen molar-refractivity contribution in [1.29, 1.82) is 0 Å². The summed E-state index contributed by atoms with van der Waals surface area (Å²) in [4.78, 5) is 25.2. The molecular formula is C11H17NO2. The highest BCUT2D eigenvalue weighted by molar-refractivity contribution is 5.88. The topological polar surface area (TPSA) is 37.4 Å². The molecule has 1 heterocycles. The highest BCUT2D eigenvalue weighted by atomic mass is 16.2. The number of Topliss-reactive ketones (excluding diaryl/α,β-unsaturated/α-hetero) is 1. The van der Waals surface area contributed by atoms with E-state index in [0.717, 1.165) is 12.8 Å². The lowest BCUT2D eigenvalue weighted by Crippen LogP contribution is -2.49. The van der Waals surface area contributed by atoms with Crippen LogP contribution in [0.3, 0.4) is 0 Å². The lowest BCUT2D eigenvalue weighted by atomic mass is 9.82. The second-order valence-corrected chi connectivity index (χ2v) is 5.09. The van der Waals surface area contributed by atoms with Crippen molar-refractivity contribution in [1.82, 2.24) is 4.90 Å². The van der Waals surface area contributed by atoms with Crippen LogP contribution in [0.4, 0.5) is 0 Å². The van der Waals surface area contributed by atoms with Gasteiger partial charge in [-0.05, 0) is 12.8 Å². The Morgan fingerprint density at radius 2 is 2.07 bits per heavy atom. The van der Waals surface area contributed by atoms with Gasteiger partial charge in [-0.15, -0.1) is 0 Å². The van der Waals surface area contributed by atoms with Gasteiger partial charge in [-0.3, -0.25) is 9.59 Å². The first-order chi connectivity index (χ1) is 6.50. The summed E-state index contributed by atoms with van der Waals surface area (Å²) < 4.78 is 0. The van der Waals surface area contributed by atoms with Crippen LogP contribution < -0.4 is 0 Å². The number of hydrogen-bond acceptors (Lipinski definition) is 2. The molecule has 2 aliphatic rings. The number of ketones is 1. The molecule has 3 nitrogen and oxygen atoms in total. The van der Waals surface area contributed by atoms with E-state index in [1.54, 1.807) is 0 Å². The quantitative estimate of drug-likeness (QED) is 0.631. The van der Waals surface area contributed by atoms with Gasteiger partial charge in [0.15, 0.2) is 0 Å². The third-order valence-corrected chi connectivity index (χ3v) is 3.19. The highest BCUT2D eigenvalue weighted by Gasteiger charge is 2.40. The summed E-state index contributed by atoms with van der Waals surface area (Å²) in [6.45, 7) is 5.11. The molecule has 3 heteroatoms. The second-order valence-electron chi connectivity index (χ2n) is 5.09. The van der Waals surface area contributed by atoms with Gasteiger partial charge in [0.25, 0.3) is 0 Å². The average molecular weight is 195 g/mol. The fourth-order valence-electron chi connectivity index (χ4n) is 2.00. The monoisotopic (exact) mass is 195 g/mol. The van der Waals surface area contributed by atoms with E-state index in [1.165, 1.54) is 0 Å². The van der Waals surface area contributed by atoms with Crippen molar-refractivity contribution in [3.05, 3.63) is 0 Å². The maximum Gasteiger partial charge on any atom is 0.225 e. The normalized spacial score (nSPS) is 26.4. The summed E-state index contributed by atoms with van der Waals surface area (Å²) in [6, 6.07) is 0. The van der Waals surface area contributed by atoms with E-state index < -0.39 is 0 Å². The van der Waals surface area contributed by atoms with Gasteiger partial charge < -0.3 is 4.90 Å². The molecule has 0 aromatic rings. The standard InChI is InChI=1S/C11H17NO2/c1-11(2)7-12(6-5-9(11)13)10(14)8-3-4-8/h8H,3-7H2,1-2H3. The van der Waals surface area contributed by atoms with E-state index in [2.05, 4.69) is 0 Å². The zero-order valence-electron chi connectivity index (χ0n) is 8.88. The van der Waals surface area contributed by atoms with Crippen LogP contribution in [0, 0.1) is 11.3 Å². The number of piperidine rings is 1. The molecule has 78 valence electrons. The number of hydrogen-bond donors (Lipinski definition) is 0. The smallest absolute Gasteiger partial charge is 0.225 e. The van der Waals surface area contributed by atoms with Gasteiger partial charge in [0.05, 0.1) is 0 Å². The SMILES string of the molecule is CC1(C)CN(C(=O)C2CC2)CCC1=O. The van der Waals surface area contributed by atoms with E-state index in [0.29, 0.717) is 19.5 Å². The van der Waals surface area contributed by atoms with Crippen molar-refractivity contribution >= 4 is 11.7 Å². The Morgan fingerprint density at radius 3 is 2.57 bits per heavy atom. The molecule has 0 unspecified atom stereocenters. The van der Waals surface area contributed by atoms with Crippen LogP contribution in [0.2, 0.25) is 0 Å². The van der Waals surface area contributed by atoms with Gasteiger partial charge >= 0.3 is 0 Å². The van der Waals surface area contributed by atoms with Gasteiger partial charge in [0.1, 0.15) is 5.78 Å². The molecule has 0 atom stereocenters. The van der Waals surface area contributed by atoms with Crippen molar-refractivity contribution in [3.63, 3.8) is 0 Å². The molecule has 1 aliphatic heterocycles. The molecule has 0 aromatic heterocycles. The van der Waals surface area contributed by atoms with Gasteiger partial charge in [0.2, 0.25) is 5.91 Å². The molecule has 0 aromatic carbocycles. The van der Waals surface area contributed by atoms with Crippen LogP contribution in [-0.2, 0) is 9.59 Å². The number of rotatable bonds is 1. The number of carbonyl (C=O) groups excluding carboxylic acids is 2. The maximum absolute atomic E-state index is 11.8. The zero-order chi connectivity index (χ0) is 10.3. The summed E-state index contributed by atoms with van der Waals surface area (Å²) in [5.74, 6) is 0.835. The Balaban J connectivity index is 2.02. The minimum Gasteiger partial charge on any atom is -0.341 e. The Morgan fingerprint density at radius 1 is 1.43 bits per heavy atom. The minimum absolute atomic E-state index is 0.269. The van der Waals surface area contributed by atoms with E-state index in [1.807, 2.05) is 18.7 Å². The number of carbonyl (C=O) groups is 2. The van der Waals surface area contributed by atoms with Crippen molar-refractivity contribution in [2.24, 2.45) is 11.3 Å². The van der Waals surface area contributed by atoms with Crippen molar-refractivity contribution in [2.45, 2.75) is 33.1 Å². The van der Waals surface area contributed by atoms with Crippen LogP contribution in [0.5, 0.6) is 0 Å². The van der Waals surface area contributed by atoms with E-state index in [-0.39, 0.29) is 23.0 Å². The van der Waals surface area contributed by atoms with E-state index >= 15 is 0 Å². The fourth-order valence-corrected chi connectivity index (χ4v) is 2.00. The molecule has 0 N–H and O–H groups in total. The maximum atomic E-state index is 11.8. The predicted octanol–water partition coefficient (Wildman–Crippen LogP) is 1.22. The lowest BCUT2D eigenvalue weighted by Gasteiger charge is -2.36. The molecular weight excluding hydrogens is 178 g/mol. The summed E-state index contributed by atoms with van der Waals surface area (Å²) in [6.07, 6.45) is 2.62. The largest absolute Gasteiger partial charge is 0.341 e. The summed E-state index contributed by atoms with van der Waals surface area (Å²) in [7, 11) is 0. The molecule has 1 amide bonds. The molecule has 0 bridgehead atoms. The van der Waals surface area contributed by atoms with Crippen LogP contribution in [-0.4, -0.2) is 29.7 Å². The third kappa shape index (κ3) is 1.68. The summed E-state index contributed by atoms with van der Waals surface area (Å²) in [5.41, 5.74) is -0.331. The summed E-state index contributed by atoms with van der Waals surface area (Å²) in [5, 5.41) is 0. The summed E-state index contributed by atoms with van der Waals surface area (Å²) >= 11 is 0. The molecule has 1 saturated heterocycles. The van der Waals surface area contributed by atoms with Gasteiger partial charge in [-0.1, -0.05) is 13.8 Å². The Labute approximate surface area is 84.5 Å². The number of amides is 1. The second kappa shape index (κ2) is 3.07. The Hall–Kier alpha value is -0.860. The molecule has 0 spiro atoms. The average Bonchev–Trinajstić information content (AvgIpc) is 2.91. The molecule has 14 heavy (non-hydrogen) atoms. The third-order valence-electron chi connectivity index (χ3n) is 3.19. The highest BCUT2D eigenvalue weighted by Crippen LogP contribution is 2.34. The van der Waals surface area contributed by atoms with Crippen molar-refractivity contribution < 1.29 is 9.59 Å². The first kappa shape index (κ1) is 9.69. The molecule has 1 aliphatic carbocycles. The first-order valence-electron chi connectivity index (χ1n) is 5.33. The molecule has 0 radical (unpaired) electrons. The van der Waals surface area contributed by atoms with Gasteiger partial charge in [-0.25, -0.2) is 0 Å². The molecule has 1 saturated carbocycles. The van der Waals surface area contributed by atoms with E-state index in [4.69, 9.17) is 0 Å². The zero-order valence-corrected chi connectivity index (χ0v) is 8.88. The predicted molar refractivity (Wildman–Crippen MR) is 52.7 cm³/mol. The van der Waals surface area contributed by atoms with Gasteiger partial charge in [-0.2, -0.15) is 0 Å². The van der Waals surface area contributed by atoms with Crippen molar-refractivity contribution in [3.8, 4) is 0 Å². The van der Waals surface area contributed by atoms with Crippen LogP contribution in [0.15, 0.2) is 0 Å². The van der Waals surface area contributed by atoms with Crippen molar-refractivity contribution in [2.75, 3.05) is 13.1 Å². The van der Waals surface area contributed by atoms with Crippen LogP contribution in [0.1, 0.15) is 33.1 Å². The molecule has 2 fully saturated rings. The van der Waals surface area contributed by atoms with E-state index in [9.17, 15) is 9.59 Å². The lowest BCUT2D eigenvalue weighted by molar-refractivity contribution is -0.141. The van der Waals surface area contributed by atoms with Crippen LogP contribution >= 0.6 is 0 Å². The molecule has 2 rings (SSSR count). The Bertz CT molecular complexity index is 279. The fraction of sp³-hybridized carbons (Fsp3) is 0.818. The van der Waals surface area contributed by atoms with Gasteiger partial charge in [0, 0.05) is 30.8 Å². The minimum atomic E-state index is -0.331.